The van der Waals surface area contributed by atoms with E-state index in [-0.39, 0.29) is 13.1 Å². The maximum atomic E-state index is 13.0. The standard InChI is InChI=1S/C29H30ClN3O3S.2C2H6/c1-17(2)33-15-29(16-33,28(35)36)31-27(34)24-10-9-22(11-18(24)3)21-7-6-8-23(14-21)32-37-26-13-19(4)25(30)12-20(26)5;2*1-2/h6-14,32H,1,15-16H2,2-5H3,(H,31,34)(H,35,36);2*1-2H3. The van der Waals surface area contributed by atoms with Gasteiger partial charge in [0.2, 0.25) is 0 Å². The van der Waals surface area contributed by atoms with Gasteiger partial charge < -0.3 is 20.0 Å². The summed E-state index contributed by atoms with van der Waals surface area (Å²) in [7, 11) is 0. The van der Waals surface area contributed by atoms with Crippen molar-refractivity contribution in [3.05, 3.63) is 94.1 Å². The summed E-state index contributed by atoms with van der Waals surface area (Å²) in [5.74, 6) is -1.44. The molecule has 8 heteroatoms. The van der Waals surface area contributed by atoms with Crippen molar-refractivity contribution in [1.29, 1.82) is 0 Å². The predicted molar refractivity (Wildman–Crippen MR) is 174 cm³/mol. The first kappa shape index (κ1) is 33.8. The molecule has 0 radical (unpaired) electrons. The minimum atomic E-state index is -1.31. The number of carbonyl (C=O) groups excluding carboxylic acids is 1. The number of aliphatic carboxylic acids is 1. The molecule has 3 aromatic carbocycles. The molecule has 0 atom stereocenters. The first-order valence-corrected chi connectivity index (χ1v) is 15.1. The van der Waals surface area contributed by atoms with Crippen LogP contribution in [0.1, 0.15) is 61.7 Å². The Kier molecular flexibility index (Phi) is 12.4. The zero-order valence-electron chi connectivity index (χ0n) is 25.3. The van der Waals surface area contributed by atoms with Gasteiger partial charge in [-0.25, -0.2) is 4.79 Å². The number of carboxylic acids is 1. The zero-order chi connectivity index (χ0) is 30.9. The molecule has 0 saturated carbocycles. The van der Waals surface area contributed by atoms with Crippen molar-refractivity contribution >= 4 is 41.1 Å². The fourth-order valence-electron chi connectivity index (χ4n) is 4.27. The van der Waals surface area contributed by atoms with E-state index in [0.29, 0.717) is 5.56 Å². The van der Waals surface area contributed by atoms with Gasteiger partial charge in [0.25, 0.3) is 5.91 Å². The predicted octanol–water partition coefficient (Wildman–Crippen LogP) is 8.51. The van der Waals surface area contributed by atoms with Crippen LogP contribution in [0.15, 0.2) is 71.8 Å². The monoisotopic (exact) mass is 595 g/mol. The summed E-state index contributed by atoms with van der Waals surface area (Å²) in [5, 5.41) is 13.2. The third-order valence-corrected chi connectivity index (χ3v) is 8.03. The van der Waals surface area contributed by atoms with Crippen LogP contribution in [0.25, 0.3) is 11.1 Å². The molecule has 4 rings (SSSR count). The molecule has 6 nitrogen and oxygen atoms in total. The third kappa shape index (κ3) is 8.08. The van der Waals surface area contributed by atoms with Gasteiger partial charge in [0, 0.05) is 26.9 Å². The molecule has 41 heavy (non-hydrogen) atoms. The van der Waals surface area contributed by atoms with E-state index >= 15 is 0 Å². The molecular formula is C33H42ClN3O3S. The average molecular weight is 596 g/mol. The van der Waals surface area contributed by atoms with Crippen molar-refractivity contribution in [3.63, 3.8) is 0 Å². The van der Waals surface area contributed by atoms with Crippen molar-refractivity contribution in [1.82, 2.24) is 10.2 Å². The van der Waals surface area contributed by atoms with E-state index in [1.807, 2.05) is 96.7 Å². The first-order valence-electron chi connectivity index (χ1n) is 13.9. The maximum absolute atomic E-state index is 13.0. The molecular weight excluding hydrogens is 554 g/mol. The van der Waals surface area contributed by atoms with E-state index in [2.05, 4.69) is 28.8 Å². The molecule has 0 aromatic heterocycles. The van der Waals surface area contributed by atoms with Crippen LogP contribution in [0.5, 0.6) is 0 Å². The largest absolute Gasteiger partial charge is 0.479 e. The van der Waals surface area contributed by atoms with Crippen LogP contribution in [-0.4, -0.2) is 40.5 Å². The molecule has 220 valence electrons. The number of nitrogens with zero attached hydrogens (tertiary/aromatic N) is 1. The van der Waals surface area contributed by atoms with Crippen LogP contribution in [0.4, 0.5) is 5.69 Å². The number of aryl methyl sites for hydroxylation is 3. The summed E-state index contributed by atoms with van der Waals surface area (Å²) in [6.45, 7) is 19.9. The molecule has 3 N–H and O–H groups in total. The number of nitrogens with one attached hydrogen (secondary N) is 2. The normalized spacial score (nSPS) is 13.0. The lowest BCUT2D eigenvalue weighted by Gasteiger charge is -2.48. The Morgan fingerprint density at radius 1 is 0.927 bits per heavy atom. The lowest BCUT2D eigenvalue weighted by atomic mass is 9.88. The molecule has 3 aromatic rings. The molecule has 1 aliphatic rings. The van der Waals surface area contributed by atoms with Crippen LogP contribution in [0.2, 0.25) is 5.02 Å². The number of halogens is 1. The van der Waals surface area contributed by atoms with E-state index in [1.165, 1.54) is 11.9 Å². The summed E-state index contributed by atoms with van der Waals surface area (Å²) in [5.41, 5.74) is 5.75. The Bertz CT molecular complexity index is 1400. The minimum absolute atomic E-state index is 0.202. The fourth-order valence-corrected chi connectivity index (χ4v) is 5.29. The van der Waals surface area contributed by atoms with Crippen molar-refractivity contribution in [2.24, 2.45) is 0 Å². The summed E-state index contributed by atoms with van der Waals surface area (Å²) < 4.78 is 3.41. The number of hydrogen-bond donors (Lipinski definition) is 3. The van der Waals surface area contributed by atoms with Gasteiger partial charge in [-0.3, -0.25) is 4.79 Å². The van der Waals surface area contributed by atoms with Gasteiger partial charge in [-0.05, 0) is 97.8 Å². The number of carbonyl (C=O) groups is 2. The highest BCUT2D eigenvalue weighted by molar-refractivity contribution is 8.00. The molecule has 1 amide bonds. The molecule has 1 saturated heterocycles. The van der Waals surface area contributed by atoms with Crippen molar-refractivity contribution in [2.75, 3.05) is 17.8 Å². The zero-order valence-corrected chi connectivity index (χ0v) is 26.9. The van der Waals surface area contributed by atoms with Crippen LogP contribution >= 0.6 is 23.5 Å². The third-order valence-electron chi connectivity index (χ3n) is 6.63. The van der Waals surface area contributed by atoms with Gasteiger partial charge >= 0.3 is 5.97 Å². The highest BCUT2D eigenvalue weighted by Gasteiger charge is 2.51. The van der Waals surface area contributed by atoms with Crippen LogP contribution < -0.4 is 10.0 Å². The first-order chi connectivity index (χ1) is 19.5. The smallest absolute Gasteiger partial charge is 0.333 e. The molecule has 1 fully saturated rings. The Balaban J connectivity index is 0.00000141. The number of benzene rings is 3. The van der Waals surface area contributed by atoms with Gasteiger partial charge in [-0.15, -0.1) is 0 Å². The molecule has 0 bridgehead atoms. The minimum Gasteiger partial charge on any atom is -0.479 e. The number of hydrogen-bond acceptors (Lipinski definition) is 5. The van der Waals surface area contributed by atoms with E-state index in [4.69, 9.17) is 11.6 Å². The van der Waals surface area contributed by atoms with E-state index in [1.54, 1.807) is 6.07 Å². The van der Waals surface area contributed by atoms with Crippen molar-refractivity contribution in [3.8, 4) is 11.1 Å². The SMILES string of the molecule is C=C(C)N1CC(NC(=O)c2ccc(-c3cccc(NSc4cc(C)c(Cl)cc4C)c3)cc2C)(C(=O)O)C1.CC.CC. The number of anilines is 1. The number of rotatable bonds is 8. The summed E-state index contributed by atoms with van der Waals surface area (Å²) in [6, 6.07) is 17.7. The van der Waals surface area contributed by atoms with Crippen molar-refractivity contribution < 1.29 is 14.7 Å². The molecule has 0 aliphatic carbocycles. The quantitative estimate of drug-likeness (QED) is 0.226. The Hall–Kier alpha value is -3.42. The van der Waals surface area contributed by atoms with Gasteiger partial charge in [0.15, 0.2) is 5.54 Å². The highest BCUT2D eigenvalue weighted by atomic mass is 35.5. The number of allylic oxidation sites excluding steroid dienone is 1. The Morgan fingerprint density at radius 3 is 2.15 bits per heavy atom. The van der Waals surface area contributed by atoms with Crippen LogP contribution in [-0.2, 0) is 4.79 Å². The number of carboxylic acid groups (broad SMARTS) is 1. The van der Waals surface area contributed by atoms with E-state index in [0.717, 1.165) is 49.1 Å². The second kappa shape index (κ2) is 15.0. The fraction of sp³-hybridized carbons (Fsp3) is 0.333. The van der Waals surface area contributed by atoms with Gasteiger partial charge in [-0.2, -0.15) is 0 Å². The lowest BCUT2D eigenvalue weighted by Crippen LogP contribution is -2.73. The average Bonchev–Trinajstić information content (AvgIpc) is 2.93. The van der Waals surface area contributed by atoms with Gasteiger partial charge in [0.05, 0.1) is 13.1 Å². The molecule has 1 heterocycles. The second-order valence-corrected chi connectivity index (χ2v) is 10.9. The molecule has 0 spiro atoms. The highest BCUT2D eigenvalue weighted by Crippen LogP contribution is 2.31. The van der Waals surface area contributed by atoms with E-state index < -0.39 is 17.4 Å². The molecule has 1 aliphatic heterocycles. The second-order valence-electron chi connectivity index (χ2n) is 9.61. The van der Waals surface area contributed by atoms with Gasteiger partial charge in [-0.1, -0.05) is 70.1 Å². The lowest BCUT2D eigenvalue weighted by molar-refractivity contribution is -0.150. The van der Waals surface area contributed by atoms with Crippen LogP contribution in [0.3, 0.4) is 0 Å². The summed E-state index contributed by atoms with van der Waals surface area (Å²) in [4.78, 5) is 27.9. The summed E-state index contributed by atoms with van der Waals surface area (Å²) >= 11 is 7.76. The number of likely N-dealkylation sites (tertiary alicyclic amines) is 1. The van der Waals surface area contributed by atoms with Gasteiger partial charge in [0.1, 0.15) is 0 Å². The topological polar surface area (TPSA) is 81.7 Å². The summed E-state index contributed by atoms with van der Waals surface area (Å²) in [6.07, 6.45) is 0. The number of amides is 1. The van der Waals surface area contributed by atoms with Crippen molar-refractivity contribution in [2.45, 2.75) is 65.8 Å². The maximum Gasteiger partial charge on any atom is 0.333 e. The Labute approximate surface area is 254 Å². The molecule has 0 unspecified atom stereocenters. The van der Waals surface area contributed by atoms with E-state index in [9.17, 15) is 14.7 Å². The Morgan fingerprint density at radius 2 is 1.56 bits per heavy atom. The van der Waals surface area contributed by atoms with Crippen LogP contribution in [0, 0.1) is 20.8 Å².